The van der Waals surface area contributed by atoms with Crippen LogP contribution in [0.5, 0.6) is 0 Å². The summed E-state index contributed by atoms with van der Waals surface area (Å²) in [6, 6.07) is 7.45. The molecule has 4 nitrogen and oxygen atoms in total. The molecular formula is C13H20N2O2S. The van der Waals surface area contributed by atoms with Crippen LogP contribution < -0.4 is 11.1 Å². The quantitative estimate of drug-likeness (QED) is 0.689. The normalized spacial score (nSPS) is 14.2. The topological polar surface area (TPSA) is 75.3 Å². The summed E-state index contributed by atoms with van der Waals surface area (Å²) in [4.78, 5) is 11.1. The van der Waals surface area contributed by atoms with Crippen LogP contribution in [0, 0.1) is 0 Å². The summed E-state index contributed by atoms with van der Waals surface area (Å²) in [5.74, 6) is -0.415. The lowest BCUT2D eigenvalue weighted by Crippen LogP contribution is -2.37. The van der Waals surface area contributed by atoms with Crippen LogP contribution >= 0.6 is 11.8 Å². The second-order valence-electron chi connectivity index (χ2n) is 4.19. The molecule has 1 rings (SSSR count). The molecule has 0 aliphatic carbocycles. The van der Waals surface area contributed by atoms with E-state index < -0.39 is 5.91 Å². The first-order valence-corrected chi connectivity index (χ1v) is 7.13. The third kappa shape index (κ3) is 4.33. The van der Waals surface area contributed by atoms with Gasteiger partial charge in [0, 0.05) is 23.4 Å². The highest BCUT2D eigenvalue weighted by Gasteiger charge is 2.14. The zero-order chi connectivity index (χ0) is 13.5. The summed E-state index contributed by atoms with van der Waals surface area (Å²) >= 11 is 1.63. The number of nitrogens with one attached hydrogen (secondary N) is 1. The average Bonchev–Trinajstić information content (AvgIpc) is 2.38. The fraction of sp³-hybridized carbons (Fsp3) is 0.462. The maximum Gasteiger partial charge on any atom is 0.248 e. The number of amides is 1. The number of hydrogen-bond donors (Lipinski definition) is 3. The van der Waals surface area contributed by atoms with E-state index in [9.17, 15) is 9.90 Å². The van der Waals surface area contributed by atoms with Gasteiger partial charge in [0.05, 0.1) is 6.61 Å². The number of aliphatic hydroxyl groups excluding tert-OH is 1. The number of hydrogen-bond acceptors (Lipinski definition) is 4. The number of nitrogens with two attached hydrogens (primary N) is 1. The molecule has 0 aliphatic rings. The van der Waals surface area contributed by atoms with Gasteiger partial charge in [0.1, 0.15) is 0 Å². The van der Waals surface area contributed by atoms with Crippen molar-refractivity contribution in [1.29, 1.82) is 0 Å². The number of benzene rings is 1. The first-order valence-electron chi connectivity index (χ1n) is 5.84. The molecule has 4 N–H and O–H groups in total. The molecule has 18 heavy (non-hydrogen) atoms. The van der Waals surface area contributed by atoms with Gasteiger partial charge in [0.2, 0.25) is 5.91 Å². The summed E-state index contributed by atoms with van der Waals surface area (Å²) in [6.07, 6.45) is 1.98. The van der Waals surface area contributed by atoms with Crippen molar-refractivity contribution in [3.63, 3.8) is 0 Å². The van der Waals surface area contributed by atoms with Crippen molar-refractivity contribution < 1.29 is 9.90 Å². The van der Waals surface area contributed by atoms with Crippen molar-refractivity contribution in [2.45, 2.75) is 24.8 Å². The number of carbonyl (C=O) groups is 1. The van der Waals surface area contributed by atoms with Gasteiger partial charge in [-0.3, -0.25) is 4.79 Å². The smallest absolute Gasteiger partial charge is 0.248 e. The highest BCUT2D eigenvalue weighted by atomic mass is 32.2. The summed E-state index contributed by atoms with van der Waals surface area (Å²) in [7, 11) is 0. The van der Waals surface area contributed by atoms with E-state index in [1.165, 1.54) is 0 Å². The van der Waals surface area contributed by atoms with Crippen LogP contribution in [0.15, 0.2) is 24.3 Å². The Morgan fingerprint density at radius 3 is 2.83 bits per heavy atom. The molecule has 0 heterocycles. The van der Waals surface area contributed by atoms with Crippen molar-refractivity contribution in [3.8, 4) is 0 Å². The van der Waals surface area contributed by atoms with E-state index in [0.717, 1.165) is 5.56 Å². The lowest BCUT2D eigenvalue weighted by Gasteiger charge is -2.21. The Bertz CT molecular complexity index is 394. The predicted molar refractivity (Wildman–Crippen MR) is 75.7 cm³/mol. The van der Waals surface area contributed by atoms with Crippen LogP contribution in [0.25, 0.3) is 0 Å². The molecule has 1 aromatic rings. The van der Waals surface area contributed by atoms with Crippen molar-refractivity contribution in [1.82, 2.24) is 5.32 Å². The van der Waals surface area contributed by atoms with E-state index in [-0.39, 0.29) is 17.9 Å². The highest BCUT2D eigenvalue weighted by molar-refractivity contribution is 7.99. The number of thioether (sulfide) groups is 1. The van der Waals surface area contributed by atoms with Gasteiger partial charge in [-0.25, -0.2) is 0 Å². The van der Waals surface area contributed by atoms with Crippen LogP contribution in [0.1, 0.15) is 22.8 Å². The summed E-state index contributed by atoms with van der Waals surface area (Å²) in [6.45, 7) is 2.84. The van der Waals surface area contributed by atoms with E-state index >= 15 is 0 Å². The molecule has 2 unspecified atom stereocenters. The van der Waals surface area contributed by atoms with E-state index in [2.05, 4.69) is 5.32 Å². The molecule has 0 spiro atoms. The van der Waals surface area contributed by atoms with Crippen LogP contribution in [0.3, 0.4) is 0 Å². The molecule has 0 aromatic heterocycles. The lowest BCUT2D eigenvalue weighted by molar-refractivity contribution is 0.1000. The fourth-order valence-corrected chi connectivity index (χ4v) is 2.34. The number of carbonyl (C=O) groups excluding carboxylic acids is 1. The molecule has 5 heteroatoms. The Morgan fingerprint density at radius 2 is 2.28 bits per heavy atom. The third-order valence-electron chi connectivity index (χ3n) is 2.88. The minimum Gasteiger partial charge on any atom is -0.395 e. The predicted octanol–water partition coefficient (Wildman–Crippen LogP) is 0.988. The Labute approximate surface area is 112 Å². The molecule has 1 aromatic carbocycles. The molecule has 2 atom stereocenters. The molecule has 100 valence electrons. The molecule has 0 saturated carbocycles. The fourth-order valence-electron chi connectivity index (χ4n) is 1.68. The average molecular weight is 268 g/mol. The molecule has 0 fully saturated rings. The van der Waals surface area contributed by atoms with Gasteiger partial charge in [0.25, 0.3) is 0 Å². The standard InChI is InChI=1S/C13H20N2O2S/c1-9(12(8-16)18-2)15-7-10-4-3-5-11(6-10)13(14)17/h3-6,9,12,15-16H,7-8H2,1-2H3,(H2,14,17). The molecule has 0 saturated heterocycles. The zero-order valence-electron chi connectivity index (χ0n) is 10.7. The third-order valence-corrected chi connectivity index (χ3v) is 4.04. The molecule has 0 bridgehead atoms. The van der Waals surface area contributed by atoms with E-state index in [4.69, 9.17) is 5.73 Å². The number of aliphatic hydroxyl groups is 1. The van der Waals surface area contributed by atoms with Gasteiger partial charge in [0.15, 0.2) is 0 Å². The van der Waals surface area contributed by atoms with Gasteiger partial charge in [-0.2, -0.15) is 11.8 Å². The summed E-state index contributed by atoms with van der Waals surface area (Å²) < 4.78 is 0. The van der Waals surface area contributed by atoms with Crippen molar-refractivity contribution in [2.24, 2.45) is 5.73 Å². The Morgan fingerprint density at radius 1 is 1.56 bits per heavy atom. The summed E-state index contributed by atoms with van der Waals surface area (Å²) in [5.41, 5.74) is 6.76. The maximum atomic E-state index is 11.1. The van der Waals surface area contributed by atoms with Crippen molar-refractivity contribution in [3.05, 3.63) is 35.4 Å². The largest absolute Gasteiger partial charge is 0.395 e. The van der Waals surface area contributed by atoms with Crippen molar-refractivity contribution >= 4 is 17.7 Å². The number of rotatable bonds is 7. The zero-order valence-corrected chi connectivity index (χ0v) is 11.5. The van der Waals surface area contributed by atoms with Crippen LogP contribution in [-0.4, -0.2) is 35.2 Å². The second kappa shape index (κ2) is 7.41. The first kappa shape index (κ1) is 15.0. The van der Waals surface area contributed by atoms with Crippen LogP contribution in [0.2, 0.25) is 0 Å². The van der Waals surface area contributed by atoms with Crippen LogP contribution in [0.4, 0.5) is 0 Å². The Kier molecular flexibility index (Phi) is 6.18. The molecular weight excluding hydrogens is 248 g/mol. The van der Waals surface area contributed by atoms with Gasteiger partial charge in [-0.1, -0.05) is 12.1 Å². The van der Waals surface area contributed by atoms with Crippen molar-refractivity contribution in [2.75, 3.05) is 12.9 Å². The van der Waals surface area contributed by atoms with Crippen LogP contribution in [-0.2, 0) is 6.54 Å². The highest BCUT2D eigenvalue weighted by Crippen LogP contribution is 2.11. The van der Waals surface area contributed by atoms with Gasteiger partial charge >= 0.3 is 0 Å². The number of primary amides is 1. The second-order valence-corrected chi connectivity index (χ2v) is 5.27. The Balaban J connectivity index is 2.58. The van der Waals surface area contributed by atoms with Gasteiger partial charge in [-0.05, 0) is 30.9 Å². The van der Waals surface area contributed by atoms with Gasteiger partial charge in [-0.15, -0.1) is 0 Å². The summed E-state index contributed by atoms with van der Waals surface area (Å²) in [5, 5.41) is 12.7. The Hall–Kier alpha value is -1.04. The molecule has 0 radical (unpaired) electrons. The minimum absolute atomic E-state index is 0.149. The maximum absolute atomic E-state index is 11.1. The van der Waals surface area contributed by atoms with E-state index in [0.29, 0.717) is 12.1 Å². The minimum atomic E-state index is -0.415. The SMILES string of the molecule is CSC(CO)C(C)NCc1cccc(C(N)=O)c1. The van der Waals surface area contributed by atoms with E-state index in [1.807, 2.05) is 25.3 Å². The monoisotopic (exact) mass is 268 g/mol. The first-order chi connectivity index (χ1) is 8.58. The van der Waals surface area contributed by atoms with E-state index in [1.54, 1.807) is 23.9 Å². The van der Waals surface area contributed by atoms with Gasteiger partial charge < -0.3 is 16.2 Å². The molecule has 1 amide bonds. The molecule has 0 aliphatic heterocycles. The lowest BCUT2D eigenvalue weighted by atomic mass is 10.1.